The normalized spacial score (nSPS) is 19.4. The number of primary amides is 1. The van der Waals surface area contributed by atoms with E-state index in [9.17, 15) is 9.59 Å². The molecule has 0 aromatic heterocycles. The second kappa shape index (κ2) is 6.91. The molecule has 2 N–H and O–H groups in total. The minimum absolute atomic E-state index is 0.0126. The Hall–Kier alpha value is -1.86. The number of nitrogens with zero attached hydrogens (tertiary/aromatic N) is 2. The van der Waals surface area contributed by atoms with E-state index in [1.807, 2.05) is 6.92 Å². The van der Waals surface area contributed by atoms with Gasteiger partial charge in [-0.05, 0) is 13.0 Å². The van der Waals surface area contributed by atoms with Crippen LogP contribution in [-0.4, -0.2) is 54.8 Å². The van der Waals surface area contributed by atoms with Gasteiger partial charge in [0.15, 0.2) is 0 Å². The smallest absolute Gasteiger partial charge is 0.349 e. The first-order valence-corrected chi connectivity index (χ1v) is 5.91. The molecule has 7 heteroatoms. The molecule has 1 heterocycles. The standard InChI is InChI=1S/C12H19N3O4/c1-4-6-19-15-10(11(13)16)7-9(8-18-3)14(5-2)12(15)17/h4,7,9H,1,5-6,8H2,2-3H3,(H2,13,16)/t9-/m0/s1. The van der Waals surface area contributed by atoms with E-state index in [4.69, 9.17) is 15.3 Å². The number of carbonyl (C=O) groups excluding carboxylic acids is 2. The minimum Gasteiger partial charge on any atom is -0.382 e. The van der Waals surface area contributed by atoms with Gasteiger partial charge in [-0.3, -0.25) is 9.63 Å². The van der Waals surface area contributed by atoms with E-state index in [1.165, 1.54) is 18.1 Å². The van der Waals surface area contributed by atoms with Crippen LogP contribution in [0.5, 0.6) is 0 Å². The van der Waals surface area contributed by atoms with E-state index >= 15 is 0 Å². The summed E-state index contributed by atoms with van der Waals surface area (Å²) >= 11 is 0. The number of rotatable bonds is 7. The van der Waals surface area contributed by atoms with Crippen molar-refractivity contribution in [3.05, 3.63) is 24.4 Å². The summed E-state index contributed by atoms with van der Waals surface area (Å²) in [5, 5.41) is 0.902. The van der Waals surface area contributed by atoms with Gasteiger partial charge in [-0.15, -0.1) is 6.58 Å². The molecule has 106 valence electrons. The van der Waals surface area contributed by atoms with E-state index in [0.29, 0.717) is 6.54 Å². The zero-order chi connectivity index (χ0) is 14.4. The van der Waals surface area contributed by atoms with Crippen LogP contribution in [0.25, 0.3) is 0 Å². The molecule has 1 aliphatic rings. The number of likely N-dealkylation sites (N-methyl/N-ethyl adjacent to an activating group) is 1. The second-order valence-corrected chi connectivity index (χ2v) is 3.89. The lowest BCUT2D eigenvalue weighted by atomic mass is 10.1. The number of hydrogen-bond donors (Lipinski definition) is 1. The van der Waals surface area contributed by atoms with Gasteiger partial charge in [-0.2, -0.15) is 5.06 Å². The van der Waals surface area contributed by atoms with E-state index < -0.39 is 11.9 Å². The van der Waals surface area contributed by atoms with Crippen molar-refractivity contribution in [2.24, 2.45) is 5.73 Å². The van der Waals surface area contributed by atoms with Gasteiger partial charge in [0, 0.05) is 13.7 Å². The van der Waals surface area contributed by atoms with Crippen LogP contribution in [0.15, 0.2) is 24.4 Å². The van der Waals surface area contributed by atoms with Crippen LogP contribution in [0.2, 0.25) is 0 Å². The van der Waals surface area contributed by atoms with E-state index in [1.54, 1.807) is 6.08 Å². The lowest BCUT2D eigenvalue weighted by molar-refractivity contribution is -0.129. The monoisotopic (exact) mass is 269 g/mol. The van der Waals surface area contributed by atoms with Crippen LogP contribution in [0.3, 0.4) is 0 Å². The largest absolute Gasteiger partial charge is 0.382 e. The van der Waals surface area contributed by atoms with Gasteiger partial charge in [0.2, 0.25) is 0 Å². The Morgan fingerprint density at radius 1 is 1.63 bits per heavy atom. The number of nitrogens with two attached hydrogens (primary N) is 1. The molecule has 0 spiro atoms. The van der Waals surface area contributed by atoms with Gasteiger partial charge < -0.3 is 15.4 Å². The van der Waals surface area contributed by atoms with Crippen molar-refractivity contribution < 1.29 is 19.2 Å². The number of ether oxygens (including phenoxy) is 1. The van der Waals surface area contributed by atoms with E-state index in [-0.39, 0.29) is 25.0 Å². The molecule has 0 saturated heterocycles. The summed E-state index contributed by atoms with van der Waals surface area (Å²) in [6.45, 7) is 6.17. The van der Waals surface area contributed by atoms with Crippen molar-refractivity contribution in [1.29, 1.82) is 0 Å². The zero-order valence-corrected chi connectivity index (χ0v) is 11.2. The number of urea groups is 1. The molecule has 0 radical (unpaired) electrons. The number of amides is 3. The summed E-state index contributed by atoms with van der Waals surface area (Å²) in [7, 11) is 1.52. The van der Waals surface area contributed by atoms with Crippen LogP contribution in [0.4, 0.5) is 4.79 Å². The Labute approximate surface area is 112 Å². The van der Waals surface area contributed by atoms with Gasteiger partial charge >= 0.3 is 6.03 Å². The molecule has 1 aliphatic heterocycles. The van der Waals surface area contributed by atoms with Gasteiger partial charge in [0.05, 0.1) is 19.3 Å². The molecule has 3 amide bonds. The summed E-state index contributed by atoms with van der Waals surface area (Å²) in [5.41, 5.74) is 5.28. The highest BCUT2D eigenvalue weighted by Gasteiger charge is 2.36. The van der Waals surface area contributed by atoms with E-state index in [0.717, 1.165) is 5.06 Å². The molecular weight excluding hydrogens is 250 g/mol. The van der Waals surface area contributed by atoms with Crippen molar-refractivity contribution in [1.82, 2.24) is 9.96 Å². The summed E-state index contributed by atoms with van der Waals surface area (Å²) in [6, 6.07) is -0.781. The lowest BCUT2D eigenvalue weighted by Gasteiger charge is -2.37. The molecule has 0 fully saturated rings. The number of hydroxylamine groups is 2. The predicted octanol–water partition coefficient (Wildman–Crippen LogP) is 0.246. The fourth-order valence-corrected chi connectivity index (χ4v) is 1.81. The Morgan fingerprint density at radius 2 is 2.32 bits per heavy atom. The Balaban J connectivity index is 3.08. The average molecular weight is 269 g/mol. The second-order valence-electron chi connectivity index (χ2n) is 3.89. The third-order valence-corrected chi connectivity index (χ3v) is 2.64. The van der Waals surface area contributed by atoms with Crippen molar-refractivity contribution in [3.8, 4) is 0 Å². The maximum Gasteiger partial charge on any atom is 0.349 e. The van der Waals surface area contributed by atoms with Crippen molar-refractivity contribution in [2.45, 2.75) is 13.0 Å². The van der Waals surface area contributed by atoms with Crippen LogP contribution < -0.4 is 5.73 Å². The van der Waals surface area contributed by atoms with Crippen molar-refractivity contribution in [2.75, 3.05) is 26.9 Å². The number of hydrogen-bond acceptors (Lipinski definition) is 4. The van der Waals surface area contributed by atoms with E-state index in [2.05, 4.69) is 6.58 Å². The first-order chi connectivity index (χ1) is 9.06. The molecule has 7 nitrogen and oxygen atoms in total. The van der Waals surface area contributed by atoms with Crippen LogP contribution in [0, 0.1) is 0 Å². The summed E-state index contributed by atoms with van der Waals surface area (Å²) in [5.74, 6) is -0.728. The summed E-state index contributed by atoms with van der Waals surface area (Å²) in [6.07, 6.45) is 3.04. The fourth-order valence-electron chi connectivity index (χ4n) is 1.81. The minimum atomic E-state index is -0.728. The van der Waals surface area contributed by atoms with Gasteiger partial charge in [0.1, 0.15) is 5.70 Å². The topological polar surface area (TPSA) is 85.1 Å². The molecule has 19 heavy (non-hydrogen) atoms. The van der Waals surface area contributed by atoms with Crippen LogP contribution in [-0.2, 0) is 14.4 Å². The quantitative estimate of drug-likeness (QED) is 0.671. The van der Waals surface area contributed by atoms with Crippen molar-refractivity contribution in [3.63, 3.8) is 0 Å². The maximum atomic E-state index is 12.3. The first-order valence-electron chi connectivity index (χ1n) is 5.91. The zero-order valence-electron chi connectivity index (χ0n) is 11.2. The van der Waals surface area contributed by atoms with Crippen molar-refractivity contribution >= 4 is 11.9 Å². The van der Waals surface area contributed by atoms with Gasteiger partial charge in [0.25, 0.3) is 5.91 Å². The highest BCUT2D eigenvalue weighted by Crippen LogP contribution is 2.20. The molecule has 0 saturated carbocycles. The summed E-state index contributed by atoms with van der Waals surface area (Å²) < 4.78 is 5.04. The molecule has 0 aliphatic carbocycles. The molecule has 1 atom stereocenters. The molecule has 0 unspecified atom stereocenters. The molecule has 1 rings (SSSR count). The maximum absolute atomic E-state index is 12.3. The molecule has 0 aromatic rings. The number of methoxy groups -OCH3 is 1. The third kappa shape index (κ3) is 3.33. The SMILES string of the molecule is C=CCON1C(=O)N(CC)[C@H](COC)C=C1C(N)=O. The Kier molecular flexibility index (Phi) is 5.53. The van der Waals surface area contributed by atoms with Crippen LogP contribution in [0.1, 0.15) is 6.92 Å². The van der Waals surface area contributed by atoms with Gasteiger partial charge in [-0.25, -0.2) is 4.79 Å². The predicted molar refractivity (Wildman–Crippen MR) is 68.7 cm³/mol. The Morgan fingerprint density at radius 3 is 2.79 bits per heavy atom. The molecule has 0 bridgehead atoms. The van der Waals surface area contributed by atoms with Crippen LogP contribution >= 0.6 is 0 Å². The highest BCUT2D eigenvalue weighted by molar-refractivity contribution is 5.96. The molecule has 0 aromatic carbocycles. The Bertz CT molecular complexity index is 394. The molecular formula is C12H19N3O4. The van der Waals surface area contributed by atoms with Gasteiger partial charge in [-0.1, -0.05) is 6.08 Å². The lowest BCUT2D eigenvalue weighted by Crippen LogP contribution is -2.54. The fraction of sp³-hybridized carbons (Fsp3) is 0.500. The first kappa shape index (κ1) is 15.2. The highest BCUT2D eigenvalue weighted by atomic mass is 16.7. The average Bonchev–Trinajstić information content (AvgIpc) is 2.37. The third-order valence-electron chi connectivity index (χ3n) is 2.64. The number of carbonyl (C=O) groups is 2. The summed E-state index contributed by atoms with van der Waals surface area (Å²) in [4.78, 5) is 30.4.